The third-order valence-electron chi connectivity index (χ3n) is 4.50. The normalized spacial score (nSPS) is 11.9. The fraction of sp³-hybridized carbons (Fsp3) is 0.208. The Hall–Kier alpha value is -3.92. The van der Waals surface area contributed by atoms with E-state index in [4.69, 9.17) is 5.11 Å². The molecule has 3 aromatic carbocycles. The summed E-state index contributed by atoms with van der Waals surface area (Å²) in [5.74, 6) is -2.53. The summed E-state index contributed by atoms with van der Waals surface area (Å²) in [6.45, 7) is 0.201. The van der Waals surface area contributed by atoms with Crippen molar-refractivity contribution in [1.29, 1.82) is 0 Å². The van der Waals surface area contributed by atoms with Crippen molar-refractivity contribution in [3.8, 4) is 5.75 Å². The summed E-state index contributed by atoms with van der Waals surface area (Å²) < 4.78 is 40.9. The van der Waals surface area contributed by atoms with E-state index in [0.717, 1.165) is 24.9 Å². The molecule has 0 spiro atoms. The summed E-state index contributed by atoms with van der Waals surface area (Å²) in [5.41, 5.74) is 3.44. The SMILES string of the molecule is O=C(Oc1ccc(N=Nc2ccc(N=Nc3ccc(CCCCO)cc3)cc2)cc1)C(F)(F)F. The van der Waals surface area contributed by atoms with E-state index in [0.29, 0.717) is 17.1 Å². The number of aliphatic hydroxyl groups is 1. The molecule has 34 heavy (non-hydrogen) atoms. The van der Waals surface area contributed by atoms with Crippen molar-refractivity contribution in [3.63, 3.8) is 0 Å². The topological polar surface area (TPSA) is 96.0 Å². The van der Waals surface area contributed by atoms with Crippen LogP contribution in [0.5, 0.6) is 5.75 Å². The second kappa shape index (κ2) is 11.8. The van der Waals surface area contributed by atoms with Crippen molar-refractivity contribution >= 4 is 28.7 Å². The first-order valence-electron chi connectivity index (χ1n) is 10.4. The van der Waals surface area contributed by atoms with Gasteiger partial charge >= 0.3 is 12.1 Å². The van der Waals surface area contributed by atoms with E-state index in [2.05, 4.69) is 25.2 Å². The standard InChI is InChI=1S/C24H21F3N4O3/c25-24(26,27)23(33)34-22-14-12-21(13-15-22)31-30-20-10-8-19(9-11-20)29-28-18-6-4-17(5-7-18)3-1-2-16-32/h4-15,32H,1-3,16H2. The Morgan fingerprint density at radius 3 is 1.53 bits per heavy atom. The van der Waals surface area contributed by atoms with Crippen LogP contribution in [0.3, 0.4) is 0 Å². The fourth-order valence-electron chi connectivity index (χ4n) is 2.73. The zero-order valence-electron chi connectivity index (χ0n) is 17.9. The molecule has 0 radical (unpaired) electrons. The summed E-state index contributed by atoms with van der Waals surface area (Å²) in [6.07, 6.45) is -2.44. The number of unbranched alkanes of at least 4 members (excludes halogenated alkanes) is 1. The molecular formula is C24H21F3N4O3. The maximum atomic E-state index is 12.2. The van der Waals surface area contributed by atoms with Crippen molar-refractivity contribution in [1.82, 2.24) is 0 Å². The van der Waals surface area contributed by atoms with Crippen LogP contribution in [0.4, 0.5) is 35.9 Å². The fourth-order valence-corrected chi connectivity index (χ4v) is 2.73. The van der Waals surface area contributed by atoms with E-state index in [1.807, 2.05) is 24.3 Å². The van der Waals surface area contributed by atoms with Gasteiger partial charge in [-0.3, -0.25) is 0 Å². The first kappa shape index (κ1) is 24.7. The highest BCUT2D eigenvalue weighted by Crippen LogP contribution is 2.26. The Bertz CT molecular complexity index is 1130. The van der Waals surface area contributed by atoms with Gasteiger partial charge in [-0.15, -0.1) is 0 Å². The second-order valence-electron chi connectivity index (χ2n) is 7.14. The number of azo groups is 2. The Morgan fingerprint density at radius 2 is 1.12 bits per heavy atom. The van der Waals surface area contributed by atoms with E-state index in [1.165, 1.54) is 29.8 Å². The number of benzene rings is 3. The molecule has 7 nitrogen and oxygen atoms in total. The van der Waals surface area contributed by atoms with Gasteiger partial charge in [-0.25, -0.2) is 4.79 Å². The average molecular weight is 470 g/mol. The molecular weight excluding hydrogens is 449 g/mol. The lowest BCUT2D eigenvalue weighted by Crippen LogP contribution is -2.27. The Balaban J connectivity index is 1.53. The van der Waals surface area contributed by atoms with Gasteiger partial charge in [-0.2, -0.15) is 33.6 Å². The van der Waals surface area contributed by atoms with E-state index in [1.54, 1.807) is 24.3 Å². The molecule has 0 atom stereocenters. The molecule has 3 rings (SSSR count). The van der Waals surface area contributed by atoms with Crippen LogP contribution in [0.1, 0.15) is 18.4 Å². The predicted octanol–water partition coefficient (Wildman–Crippen LogP) is 7.30. The number of rotatable bonds is 9. The van der Waals surface area contributed by atoms with Crippen molar-refractivity contribution in [2.75, 3.05) is 6.61 Å². The number of halogens is 3. The molecule has 0 amide bonds. The second-order valence-corrected chi connectivity index (χ2v) is 7.14. The Kier molecular flexibility index (Phi) is 8.58. The predicted molar refractivity (Wildman–Crippen MR) is 119 cm³/mol. The van der Waals surface area contributed by atoms with Crippen molar-refractivity contribution in [3.05, 3.63) is 78.4 Å². The van der Waals surface area contributed by atoms with Crippen LogP contribution in [0.2, 0.25) is 0 Å². The number of hydrogen-bond acceptors (Lipinski definition) is 7. The molecule has 0 heterocycles. The highest BCUT2D eigenvalue weighted by Gasteiger charge is 2.41. The Morgan fingerprint density at radius 1 is 0.706 bits per heavy atom. The lowest BCUT2D eigenvalue weighted by Gasteiger charge is -2.06. The minimum absolute atomic E-state index is 0.201. The summed E-state index contributed by atoms with van der Waals surface area (Å²) in [4.78, 5) is 10.8. The van der Waals surface area contributed by atoms with Crippen molar-refractivity contribution < 1.29 is 27.8 Å². The molecule has 0 unspecified atom stereocenters. The molecule has 0 fully saturated rings. The summed E-state index contributed by atoms with van der Waals surface area (Å²) in [6, 6.07) is 19.7. The van der Waals surface area contributed by atoms with E-state index >= 15 is 0 Å². The van der Waals surface area contributed by atoms with Gasteiger partial charge in [0.1, 0.15) is 5.75 Å². The molecule has 10 heteroatoms. The van der Waals surface area contributed by atoms with E-state index in [9.17, 15) is 18.0 Å². The average Bonchev–Trinajstić information content (AvgIpc) is 2.83. The lowest BCUT2D eigenvalue weighted by molar-refractivity contribution is -0.189. The zero-order valence-corrected chi connectivity index (χ0v) is 17.9. The smallest absolute Gasteiger partial charge is 0.420 e. The largest absolute Gasteiger partial charge is 0.491 e. The quantitative estimate of drug-likeness (QED) is 0.154. The van der Waals surface area contributed by atoms with Crippen molar-refractivity contribution in [2.45, 2.75) is 25.4 Å². The number of carbonyl (C=O) groups excluding carboxylic acids is 1. The number of carbonyl (C=O) groups is 1. The molecule has 0 saturated heterocycles. The highest BCUT2D eigenvalue weighted by atomic mass is 19.4. The number of nitrogens with zero attached hydrogens (tertiary/aromatic N) is 4. The first-order valence-corrected chi connectivity index (χ1v) is 10.4. The first-order chi connectivity index (χ1) is 16.3. The minimum atomic E-state index is -5.06. The van der Waals surface area contributed by atoms with Gasteiger partial charge in [0.15, 0.2) is 0 Å². The molecule has 1 N–H and O–H groups in total. The van der Waals surface area contributed by atoms with Crippen LogP contribution in [0.15, 0.2) is 93.3 Å². The lowest BCUT2D eigenvalue weighted by atomic mass is 10.1. The van der Waals surface area contributed by atoms with Crippen molar-refractivity contribution in [2.24, 2.45) is 20.5 Å². The highest BCUT2D eigenvalue weighted by molar-refractivity contribution is 5.78. The van der Waals surface area contributed by atoms with E-state index in [-0.39, 0.29) is 12.4 Å². The maximum Gasteiger partial charge on any atom is 0.491 e. The number of aliphatic hydroxyl groups excluding tert-OH is 1. The maximum absolute atomic E-state index is 12.2. The number of aryl methyl sites for hydroxylation is 1. The summed E-state index contributed by atoms with van der Waals surface area (Å²) >= 11 is 0. The Labute approximate surface area is 193 Å². The molecule has 176 valence electrons. The van der Waals surface area contributed by atoms with Gasteiger partial charge in [0.25, 0.3) is 0 Å². The minimum Gasteiger partial charge on any atom is -0.420 e. The van der Waals surface area contributed by atoms with Gasteiger partial charge in [-0.05, 0) is 85.5 Å². The van der Waals surface area contributed by atoms with Gasteiger partial charge in [-0.1, -0.05) is 12.1 Å². The number of alkyl halides is 3. The number of hydrogen-bond donors (Lipinski definition) is 1. The molecule has 0 aliphatic carbocycles. The third kappa shape index (κ3) is 7.89. The molecule has 0 aliphatic heterocycles. The summed E-state index contributed by atoms with van der Waals surface area (Å²) in [5, 5.41) is 25.3. The number of esters is 1. The molecule has 0 saturated carbocycles. The van der Waals surface area contributed by atoms with Crippen LogP contribution in [-0.2, 0) is 11.2 Å². The molecule has 3 aromatic rings. The van der Waals surface area contributed by atoms with Gasteiger partial charge < -0.3 is 9.84 Å². The molecule has 0 bridgehead atoms. The van der Waals surface area contributed by atoms with Crippen LogP contribution >= 0.6 is 0 Å². The number of ether oxygens (including phenoxy) is 1. The van der Waals surface area contributed by atoms with Gasteiger partial charge in [0, 0.05) is 6.61 Å². The van der Waals surface area contributed by atoms with Crippen LogP contribution < -0.4 is 4.74 Å². The van der Waals surface area contributed by atoms with Crippen LogP contribution in [0.25, 0.3) is 0 Å². The third-order valence-corrected chi connectivity index (χ3v) is 4.50. The van der Waals surface area contributed by atoms with Crippen LogP contribution in [0, 0.1) is 0 Å². The molecule has 0 aromatic heterocycles. The zero-order chi connectivity index (χ0) is 24.4. The monoisotopic (exact) mass is 470 g/mol. The molecule has 0 aliphatic rings. The summed E-state index contributed by atoms with van der Waals surface area (Å²) in [7, 11) is 0. The van der Waals surface area contributed by atoms with E-state index < -0.39 is 12.1 Å². The van der Waals surface area contributed by atoms with Crippen LogP contribution in [-0.4, -0.2) is 23.9 Å². The van der Waals surface area contributed by atoms with Gasteiger partial charge in [0.2, 0.25) is 0 Å². The van der Waals surface area contributed by atoms with Gasteiger partial charge in [0.05, 0.1) is 22.7 Å².